The Balaban J connectivity index is 1.42. The molecule has 128 valence electrons. The van der Waals surface area contributed by atoms with Crippen molar-refractivity contribution in [1.29, 1.82) is 0 Å². The van der Waals surface area contributed by atoms with Crippen molar-refractivity contribution in [3.8, 4) is 0 Å². The van der Waals surface area contributed by atoms with Gasteiger partial charge in [-0.2, -0.15) is 11.3 Å². The fourth-order valence-corrected chi connectivity index (χ4v) is 5.05. The molecule has 2 amide bonds. The molecule has 8 heteroatoms. The predicted molar refractivity (Wildman–Crippen MR) is 102 cm³/mol. The van der Waals surface area contributed by atoms with Crippen LogP contribution in [0, 0.1) is 0 Å². The molecule has 0 fully saturated rings. The quantitative estimate of drug-likeness (QED) is 0.741. The lowest BCUT2D eigenvalue weighted by Gasteiger charge is -2.25. The number of amides is 2. The second kappa shape index (κ2) is 7.07. The van der Waals surface area contributed by atoms with Gasteiger partial charge in [0.1, 0.15) is 0 Å². The first kappa shape index (κ1) is 16.4. The SMILES string of the molecule is O=C(Nc1nc2c(s1)CN(C(=O)Cc1cccs1)CC2)c1ccsc1. The molecule has 4 heterocycles. The van der Waals surface area contributed by atoms with Crippen LogP contribution in [-0.4, -0.2) is 28.2 Å². The van der Waals surface area contributed by atoms with Gasteiger partial charge in [0.15, 0.2) is 5.13 Å². The highest BCUT2D eigenvalue weighted by molar-refractivity contribution is 7.16. The number of hydrogen-bond acceptors (Lipinski definition) is 6. The summed E-state index contributed by atoms with van der Waals surface area (Å²) in [4.78, 5) is 33.2. The van der Waals surface area contributed by atoms with E-state index in [2.05, 4.69) is 10.3 Å². The molecule has 0 aliphatic carbocycles. The van der Waals surface area contributed by atoms with Gasteiger partial charge in [-0.3, -0.25) is 14.9 Å². The molecule has 0 saturated carbocycles. The maximum absolute atomic E-state index is 12.5. The van der Waals surface area contributed by atoms with Crippen molar-refractivity contribution in [2.45, 2.75) is 19.4 Å². The third kappa shape index (κ3) is 3.65. The largest absolute Gasteiger partial charge is 0.337 e. The highest BCUT2D eigenvalue weighted by Crippen LogP contribution is 2.29. The summed E-state index contributed by atoms with van der Waals surface area (Å²) >= 11 is 4.56. The standard InChI is InChI=1S/C17H15N3O2S3/c21-15(8-12-2-1-6-24-12)20-5-3-13-14(9-20)25-17(18-13)19-16(22)11-4-7-23-10-11/h1-2,4,6-7,10H,3,5,8-9H2,(H,18,19,22). The molecular formula is C17H15N3O2S3. The normalized spacial score (nSPS) is 13.5. The summed E-state index contributed by atoms with van der Waals surface area (Å²) < 4.78 is 0. The second-order valence-electron chi connectivity index (χ2n) is 5.68. The van der Waals surface area contributed by atoms with Crippen LogP contribution in [0.25, 0.3) is 0 Å². The van der Waals surface area contributed by atoms with Crippen LogP contribution < -0.4 is 5.32 Å². The lowest BCUT2D eigenvalue weighted by atomic mass is 10.1. The van der Waals surface area contributed by atoms with Crippen molar-refractivity contribution in [3.63, 3.8) is 0 Å². The minimum Gasteiger partial charge on any atom is -0.337 e. The number of anilines is 1. The summed E-state index contributed by atoms with van der Waals surface area (Å²) in [7, 11) is 0. The number of hydrogen-bond donors (Lipinski definition) is 1. The smallest absolute Gasteiger partial charge is 0.258 e. The molecule has 0 aromatic carbocycles. The van der Waals surface area contributed by atoms with Crippen molar-refractivity contribution in [1.82, 2.24) is 9.88 Å². The number of nitrogens with one attached hydrogen (secondary N) is 1. The number of thiazole rings is 1. The van der Waals surface area contributed by atoms with E-state index in [4.69, 9.17) is 0 Å². The first-order valence-electron chi connectivity index (χ1n) is 7.81. The maximum atomic E-state index is 12.5. The van der Waals surface area contributed by atoms with Crippen molar-refractivity contribution in [2.24, 2.45) is 0 Å². The summed E-state index contributed by atoms with van der Waals surface area (Å²) in [5, 5.41) is 9.14. The molecule has 0 spiro atoms. The molecule has 0 radical (unpaired) electrons. The number of nitrogens with zero attached hydrogens (tertiary/aromatic N) is 2. The summed E-state index contributed by atoms with van der Waals surface area (Å²) in [5.74, 6) is 0.00309. The van der Waals surface area contributed by atoms with E-state index in [-0.39, 0.29) is 11.8 Å². The summed E-state index contributed by atoms with van der Waals surface area (Å²) in [6.07, 6.45) is 1.18. The van der Waals surface area contributed by atoms with E-state index in [9.17, 15) is 9.59 Å². The van der Waals surface area contributed by atoms with Crippen LogP contribution in [0.2, 0.25) is 0 Å². The molecule has 0 saturated heterocycles. The van der Waals surface area contributed by atoms with Gasteiger partial charge in [0.2, 0.25) is 5.91 Å². The molecule has 4 rings (SSSR count). The summed E-state index contributed by atoms with van der Waals surface area (Å²) in [6, 6.07) is 5.74. The van der Waals surface area contributed by atoms with Crippen molar-refractivity contribution < 1.29 is 9.59 Å². The summed E-state index contributed by atoms with van der Waals surface area (Å²) in [5.41, 5.74) is 1.64. The number of thiophene rings is 2. The van der Waals surface area contributed by atoms with Crippen LogP contribution in [0.1, 0.15) is 25.8 Å². The zero-order valence-corrected chi connectivity index (χ0v) is 15.7. The molecule has 3 aromatic rings. The minimum absolute atomic E-state index is 0.141. The Bertz CT molecular complexity index is 885. The lowest BCUT2D eigenvalue weighted by molar-refractivity contribution is -0.131. The Morgan fingerprint density at radius 3 is 2.96 bits per heavy atom. The highest BCUT2D eigenvalue weighted by Gasteiger charge is 2.24. The van der Waals surface area contributed by atoms with E-state index in [1.54, 1.807) is 17.4 Å². The van der Waals surface area contributed by atoms with Crippen LogP contribution in [-0.2, 0) is 24.2 Å². The molecule has 0 atom stereocenters. The Kier molecular flexibility index (Phi) is 4.65. The molecular weight excluding hydrogens is 374 g/mol. The zero-order chi connectivity index (χ0) is 17.2. The molecule has 0 bridgehead atoms. The van der Waals surface area contributed by atoms with Gasteiger partial charge in [0.25, 0.3) is 5.91 Å². The molecule has 5 nitrogen and oxygen atoms in total. The first-order chi connectivity index (χ1) is 12.2. The van der Waals surface area contributed by atoms with Crippen LogP contribution in [0.5, 0.6) is 0 Å². The molecule has 3 aromatic heterocycles. The Morgan fingerprint density at radius 2 is 2.20 bits per heavy atom. The lowest BCUT2D eigenvalue weighted by Crippen LogP contribution is -2.36. The minimum atomic E-state index is -0.141. The topological polar surface area (TPSA) is 62.3 Å². The van der Waals surface area contributed by atoms with Gasteiger partial charge in [-0.25, -0.2) is 4.98 Å². The van der Waals surface area contributed by atoms with Gasteiger partial charge < -0.3 is 4.90 Å². The molecule has 25 heavy (non-hydrogen) atoms. The van der Waals surface area contributed by atoms with Gasteiger partial charge in [0, 0.05) is 28.1 Å². The fourth-order valence-electron chi connectivity index (χ4n) is 2.70. The zero-order valence-electron chi connectivity index (χ0n) is 13.2. The monoisotopic (exact) mass is 389 g/mol. The van der Waals surface area contributed by atoms with E-state index in [1.807, 2.05) is 33.2 Å². The average Bonchev–Trinajstić information content (AvgIpc) is 3.35. The summed E-state index contributed by atoms with van der Waals surface area (Å²) in [6.45, 7) is 1.25. The third-order valence-corrected chi connectivity index (χ3v) is 6.55. The van der Waals surface area contributed by atoms with E-state index in [0.717, 1.165) is 21.9 Å². The maximum Gasteiger partial charge on any atom is 0.258 e. The van der Waals surface area contributed by atoms with Gasteiger partial charge in [0.05, 0.1) is 24.2 Å². The fraction of sp³-hybridized carbons (Fsp3) is 0.235. The van der Waals surface area contributed by atoms with Crippen LogP contribution in [0.4, 0.5) is 5.13 Å². The van der Waals surface area contributed by atoms with Crippen LogP contribution in [0.3, 0.4) is 0 Å². The highest BCUT2D eigenvalue weighted by atomic mass is 32.1. The Labute approximate surface area is 157 Å². The van der Waals surface area contributed by atoms with Gasteiger partial charge in [-0.1, -0.05) is 17.4 Å². The third-order valence-electron chi connectivity index (χ3n) is 3.99. The van der Waals surface area contributed by atoms with Crippen molar-refractivity contribution in [3.05, 3.63) is 55.4 Å². The Hall–Kier alpha value is -2.03. The number of fused-ring (bicyclic) bond motifs is 1. The van der Waals surface area contributed by atoms with E-state index >= 15 is 0 Å². The number of aromatic nitrogens is 1. The number of carbonyl (C=O) groups is 2. The van der Waals surface area contributed by atoms with Crippen LogP contribution in [0.15, 0.2) is 34.3 Å². The number of rotatable bonds is 4. The predicted octanol–water partition coefficient (Wildman–Crippen LogP) is 3.65. The second-order valence-corrected chi connectivity index (χ2v) is 8.57. The van der Waals surface area contributed by atoms with Gasteiger partial charge in [-0.05, 0) is 22.9 Å². The molecule has 0 unspecified atom stereocenters. The van der Waals surface area contributed by atoms with Gasteiger partial charge >= 0.3 is 0 Å². The molecule has 1 aliphatic rings. The van der Waals surface area contributed by atoms with Gasteiger partial charge in [-0.15, -0.1) is 11.3 Å². The first-order valence-corrected chi connectivity index (χ1v) is 10.5. The van der Waals surface area contributed by atoms with E-state index in [0.29, 0.717) is 30.2 Å². The number of carbonyl (C=O) groups excluding carboxylic acids is 2. The Morgan fingerprint density at radius 1 is 1.28 bits per heavy atom. The van der Waals surface area contributed by atoms with E-state index in [1.165, 1.54) is 22.7 Å². The molecule has 1 aliphatic heterocycles. The molecule has 1 N–H and O–H groups in total. The van der Waals surface area contributed by atoms with Crippen molar-refractivity contribution >= 4 is 51.0 Å². The van der Waals surface area contributed by atoms with E-state index < -0.39 is 0 Å². The van der Waals surface area contributed by atoms with Crippen molar-refractivity contribution in [2.75, 3.05) is 11.9 Å². The van der Waals surface area contributed by atoms with Crippen LogP contribution >= 0.6 is 34.0 Å². The average molecular weight is 390 g/mol.